The van der Waals surface area contributed by atoms with Crippen molar-refractivity contribution in [1.82, 2.24) is 9.88 Å². The number of aliphatic hydroxyl groups is 1. The maximum Gasteiger partial charge on any atom is 0.416 e. The lowest BCUT2D eigenvalue weighted by atomic mass is 9.85. The molecule has 1 aromatic heterocycles. The van der Waals surface area contributed by atoms with Crippen LogP contribution in [0.25, 0.3) is 11.1 Å². The molecule has 3 heterocycles. The topological polar surface area (TPSA) is 75.1 Å². The second kappa shape index (κ2) is 11.0. The van der Waals surface area contributed by atoms with Crippen molar-refractivity contribution in [3.8, 4) is 16.9 Å². The van der Waals surface area contributed by atoms with Gasteiger partial charge in [0.1, 0.15) is 17.7 Å². The quantitative estimate of drug-likeness (QED) is 0.380. The molecule has 1 N–H and O–H groups in total. The van der Waals surface area contributed by atoms with E-state index < -0.39 is 48.0 Å². The zero-order valence-corrected chi connectivity index (χ0v) is 22.4. The molecule has 1 amide bonds. The third-order valence-electron chi connectivity index (χ3n) is 7.57. The zero-order valence-electron chi connectivity index (χ0n) is 22.4. The average molecular weight is 596 g/mol. The molecular formula is C29H27F6N3O4. The van der Waals surface area contributed by atoms with Crippen LogP contribution in [0.3, 0.4) is 0 Å². The van der Waals surface area contributed by atoms with Gasteiger partial charge in [-0.15, -0.1) is 0 Å². The van der Waals surface area contributed by atoms with Gasteiger partial charge in [-0.1, -0.05) is 18.7 Å². The first-order valence-electron chi connectivity index (χ1n) is 13.1. The number of benzene rings is 1. The summed E-state index contributed by atoms with van der Waals surface area (Å²) in [7, 11) is 1.47. The minimum Gasteiger partial charge on any atom is -0.496 e. The van der Waals surface area contributed by atoms with Crippen LogP contribution in [0.15, 0.2) is 65.9 Å². The van der Waals surface area contributed by atoms with E-state index >= 15 is 0 Å². The molecule has 7 nitrogen and oxygen atoms in total. The number of carbonyl (C=O) groups is 1. The fourth-order valence-electron chi connectivity index (χ4n) is 5.21. The van der Waals surface area contributed by atoms with Crippen LogP contribution in [0, 0.1) is 5.92 Å². The van der Waals surface area contributed by atoms with Gasteiger partial charge in [0.25, 0.3) is 0 Å². The molecule has 0 saturated carbocycles. The van der Waals surface area contributed by atoms with Gasteiger partial charge in [-0.25, -0.2) is 9.78 Å². The van der Waals surface area contributed by atoms with Crippen molar-refractivity contribution in [3.63, 3.8) is 0 Å². The van der Waals surface area contributed by atoms with E-state index in [4.69, 9.17) is 14.5 Å². The summed E-state index contributed by atoms with van der Waals surface area (Å²) in [5.41, 5.74) is -0.827. The van der Waals surface area contributed by atoms with E-state index in [1.807, 2.05) is 4.90 Å². The normalized spacial score (nSPS) is 21.1. The predicted molar refractivity (Wildman–Crippen MR) is 140 cm³/mol. The average Bonchev–Trinajstić information content (AvgIpc) is 3.19. The summed E-state index contributed by atoms with van der Waals surface area (Å²) >= 11 is 0. The molecule has 2 aromatic rings. The highest BCUT2D eigenvalue weighted by Gasteiger charge is 2.47. The Kier molecular flexibility index (Phi) is 7.73. The number of alkyl halides is 6. The maximum absolute atomic E-state index is 13.5. The number of nitrogens with zero attached hydrogens (tertiary/aromatic N) is 3. The highest BCUT2D eigenvalue weighted by Crippen LogP contribution is 2.44. The molecule has 1 aliphatic carbocycles. The van der Waals surface area contributed by atoms with Gasteiger partial charge in [-0.05, 0) is 48.7 Å². The molecule has 0 spiro atoms. The smallest absolute Gasteiger partial charge is 0.416 e. The van der Waals surface area contributed by atoms with Crippen molar-refractivity contribution in [1.29, 1.82) is 0 Å². The van der Waals surface area contributed by atoms with Crippen LogP contribution in [0.4, 0.5) is 37.0 Å². The molecular weight excluding hydrogens is 568 g/mol. The van der Waals surface area contributed by atoms with Crippen LogP contribution in [0.2, 0.25) is 0 Å². The fraction of sp³-hybridized carbons (Fsp3) is 0.379. The number of aromatic nitrogens is 1. The minimum absolute atomic E-state index is 0.0793. The summed E-state index contributed by atoms with van der Waals surface area (Å²) in [6.45, 7) is 4.93. The second-order valence-electron chi connectivity index (χ2n) is 10.2. The van der Waals surface area contributed by atoms with Crippen LogP contribution in [-0.2, 0) is 17.9 Å². The number of amides is 1. The lowest BCUT2D eigenvalue weighted by molar-refractivity contribution is -0.101. The first kappa shape index (κ1) is 29.5. The standard InChI is InChI=1S/C29H27F6N3O4/c1-16-26(18-11-19(28(30,31)32)13-20(12-18)29(33,34)35)42-27(40)38(16)14-23-21(5-7-25(36-23)37-8-3-9-37)22-10-17(15-39)4-6-24(22)41-2/h4-7,10-11,13,18,26,39H,1,3,8-9,12,14-15H2,2H3/t18?,26-/m0/s1. The van der Waals surface area contributed by atoms with Gasteiger partial charge in [0.15, 0.2) is 0 Å². The number of methoxy groups -OCH3 is 1. The van der Waals surface area contributed by atoms with Crippen molar-refractivity contribution in [2.75, 3.05) is 25.1 Å². The number of aliphatic hydroxyl groups excluding tert-OH is 1. The number of cyclic esters (lactones) is 1. The van der Waals surface area contributed by atoms with E-state index in [1.54, 1.807) is 30.3 Å². The van der Waals surface area contributed by atoms with Gasteiger partial charge < -0.3 is 19.5 Å². The molecule has 1 aromatic carbocycles. The van der Waals surface area contributed by atoms with E-state index in [0.717, 1.165) is 24.4 Å². The van der Waals surface area contributed by atoms with Gasteiger partial charge in [0.05, 0.1) is 37.2 Å². The number of rotatable bonds is 7. The Morgan fingerprint density at radius 3 is 2.43 bits per heavy atom. The second-order valence-corrected chi connectivity index (χ2v) is 10.2. The molecule has 224 valence electrons. The lowest BCUT2D eigenvalue weighted by Gasteiger charge is -2.33. The molecule has 5 rings (SSSR count). The molecule has 2 atom stereocenters. The number of hydrogen-bond acceptors (Lipinski definition) is 6. The highest BCUT2D eigenvalue weighted by molar-refractivity contribution is 5.77. The molecule has 1 unspecified atom stereocenters. The Balaban J connectivity index is 1.49. The summed E-state index contributed by atoms with van der Waals surface area (Å²) in [6, 6.07) is 8.66. The van der Waals surface area contributed by atoms with E-state index in [-0.39, 0.29) is 24.9 Å². The Labute approximate surface area is 237 Å². The number of halogens is 6. The van der Waals surface area contributed by atoms with Crippen molar-refractivity contribution in [2.24, 2.45) is 5.92 Å². The number of pyridine rings is 1. The van der Waals surface area contributed by atoms with Gasteiger partial charge in [-0.2, -0.15) is 26.3 Å². The predicted octanol–water partition coefficient (Wildman–Crippen LogP) is 6.29. The van der Waals surface area contributed by atoms with E-state index in [1.165, 1.54) is 7.11 Å². The van der Waals surface area contributed by atoms with Crippen LogP contribution >= 0.6 is 0 Å². The van der Waals surface area contributed by atoms with E-state index in [0.29, 0.717) is 40.0 Å². The largest absolute Gasteiger partial charge is 0.496 e. The minimum atomic E-state index is -5.03. The number of hydrogen-bond donors (Lipinski definition) is 1. The van der Waals surface area contributed by atoms with Crippen molar-refractivity contribution in [2.45, 2.75) is 44.4 Å². The number of carbonyl (C=O) groups excluding carboxylic acids is 1. The molecule has 2 saturated heterocycles. The van der Waals surface area contributed by atoms with Crippen molar-refractivity contribution >= 4 is 11.9 Å². The van der Waals surface area contributed by atoms with Gasteiger partial charge in [-0.3, -0.25) is 4.90 Å². The summed E-state index contributed by atoms with van der Waals surface area (Å²) in [5, 5.41) is 9.69. The SMILES string of the molecule is C=C1[C@@H](C2C=C(C(F)(F)F)C=C(C(F)(F)F)C2)OC(=O)N1Cc1nc(N2CCC2)ccc1-c1cc(CO)ccc1OC. The van der Waals surface area contributed by atoms with E-state index in [9.17, 15) is 36.2 Å². The molecule has 3 aliphatic rings. The van der Waals surface area contributed by atoms with Crippen LogP contribution in [0.5, 0.6) is 5.75 Å². The first-order valence-corrected chi connectivity index (χ1v) is 13.1. The van der Waals surface area contributed by atoms with Gasteiger partial charge in [0.2, 0.25) is 0 Å². The number of ether oxygens (including phenoxy) is 2. The van der Waals surface area contributed by atoms with Crippen molar-refractivity contribution in [3.05, 3.63) is 77.2 Å². The number of allylic oxidation sites excluding steroid dienone is 3. The van der Waals surface area contributed by atoms with Crippen molar-refractivity contribution < 1.29 is 45.7 Å². The third-order valence-corrected chi connectivity index (χ3v) is 7.57. The molecule has 0 bridgehead atoms. The van der Waals surface area contributed by atoms with E-state index in [2.05, 4.69) is 6.58 Å². The molecule has 2 fully saturated rings. The zero-order chi connectivity index (χ0) is 30.4. The molecule has 0 radical (unpaired) electrons. The Bertz CT molecular complexity index is 1460. The summed E-state index contributed by atoms with van der Waals surface area (Å²) in [6.07, 6.45) is -11.5. The van der Waals surface area contributed by atoms with Gasteiger partial charge >= 0.3 is 18.4 Å². The Morgan fingerprint density at radius 1 is 1.10 bits per heavy atom. The summed E-state index contributed by atoms with van der Waals surface area (Å²) in [4.78, 5) is 20.9. The summed E-state index contributed by atoms with van der Waals surface area (Å²) < 4.78 is 91.9. The first-order chi connectivity index (χ1) is 19.8. The highest BCUT2D eigenvalue weighted by atomic mass is 19.4. The Hall–Kier alpha value is -4.00. The molecule has 2 aliphatic heterocycles. The molecule has 42 heavy (non-hydrogen) atoms. The van der Waals surface area contributed by atoms with Crippen LogP contribution in [-0.4, -0.2) is 59.7 Å². The van der Waals surface area contributed by atoms with Crippen LogP contribution in [0.1, 0.15) is 24.1 Å². The third kappa shape index (κ3) is 5.69. The molecule has 13 heteroatoms. The Morgan fingerprint density at radius 2 is 1.83 bits per heavy atom. The number of anilines is 1. The summed E-state index contributed by atoms with van der Waals surface area (Å²) in [5.74, 6) is -0.339. The maximum atomic E-state index is 13.5. The fourth-order valence-corrected chi connectivity index (χ4v) is 5.21. The monoisotopic (exact) mass is 595 g/mol. The lowest BCUT2D eigenvalue weighted by Crippen LogP contribution is -2.37. The van der Waals surface area contributed by atoms with Crippen LogP contribution < -0.4 is 9.64 Å². The van der Waals surface area contributed by atoms with Gasteiger partial charge in [0, 0.05) is 35.7 Å².